The summed E-state index contributed by atoms with van der Waals surface area (Å²) in [6.07, 6.45) is 3.67. The van der Waals surface area contributed by atoms with E-state index >= 15 is 0 Å². The van der Waals surface area contributed by atoms with Crippen molar-refractivity contribution in [3.63, 3.8) is 0 Å². The molecule has 1 heterocycles. The highest BCUT2D eigenvalue weighted by Crippen LogP contribution is 2.37. The van der Waals surface area contributed by atoms with E-state index in [-0.39, 0.29) is 6.04 Å². The molecule has 4 rings (SSSR count). The monoisotopic (exact) mass is 455 g/mol. The van der Waals surface area contributed by atoms with Crippen LogP contribution in [-0.4, -0.2) is 27.6 Å². The summed E-state index contributed by atoms with van der Waals surface area (Å²) in [5, 5.41) is 19.2. The van der Waals surface area contributed by atoms with Gasteiger partial charge >= 0.3 is 5.97 Å². The number of nitrogens with zero attached hydrogens (tertiary/aromatic N) is 1. The third kappa shape index (κ3) is 5.57. The molecule has 0 spiro atoms. The van der Waals surface area contributed by atoms with Gasteiger partial charge in [-0.1, -0.05) is 68.4 Å². The topological polar surface area (TPSA) is 60.8 Å². The standard InChI is InChI=1S/C30H33NO3/c1-20(2)16-22-4-6-24(7-5-22)19-31-15-14-26-18-27(32)12-13-28(26)29(31)25-10-8-23(9-11-25)17-21(3)30(33)34/h4-13,17-18,20,29,32H,14-16,19H2,1-3H3,(H,33,34)/b21-17+. The van der Waals surface area contributed by atoms with E-state index in [4.69, 9.17) is 0 Å². The van der Waals surface area contributed by atoms with Crippen molar-refractivity contribution in [2.24, 2.45) is 5.92 Å². The summed E-state index contributed by atoms with van der Waals surface area (Å²) in [5.41, 5.74) is 7.40. The second-order valence-corrected chi connectivity index (χ2v) is 9.72. The van der Waals surface area contributed by atoms with Gasteiger partial charge in [0.15, 0.2) is 0 Å². The number of carboxylic acids is 1. The van der Waals surface area contributed by atoms with Crippen LogP contribution in [0.15, 0.2) is 72.3 Å². The average molecular weight is 456 g/mol. The Morgan fingerprint density at radius 2 is 1.71 bits per heavy atom. The van der Waals surface area contributed by atoms with Crippen molar-refractivity contribution in [2.75, 3.05) is 6.54 Å². The summed E-state index contributed by atoms with van der Waals surface area (Å²) in [5.74, 6) is 0.0364. The molecule has 0 saturated carbocycles. The van der Waals surface area contributed by atoms with Gasteiger partial charge in [0, 0.05) is 18.7 Å². The Morgan fingerprint density at radius 3 is 2.35 bits per heavy atom. The van der Waals surface area contributed by atoms with Crippen LogP contribution in [0.25, 0.3) is 6.08 Å². The fraction of sp³-hybridized carbons (Fsp3) is 0.300. The van der Waals surface area contributed by atoms with Gasteiger partial charge in [-0.3, -0.25) is 4.90 Å². The molecular weight excluding hydrogens is 422 g/mol. The SMILES string of the molecule is C/C(=C\c1ccc(C2c3ccc(O)cc3CCN2Cc2ccc(CC(C)C)cc2)cc1)C(=O)O. The maximum absolute atomic E-state index is 11.2. The van der Waals surface area contributed by atoms with Crippen LogP contribution in [0.4, 0.5) is 0 Å². The molecule has 0 radical (unpaired) electrons. The number of rotatable bonds is 7. The zero-order valence-electron chi connectivity index (χ0n) is 20.2. The molecule has 0 bridgehead atoms. The van der Waals surface area contributed by atoms with Crippen LogP contribution in [-0.2, 0) is 24.2 Å². The Morgan fingerprint density at radius 1 is 1.03 bits per heavy atom. The zero-order valence-corrected chi connectivity index (χ0v) is 20.2. The van der Waals surface area contributed by atoms with Gasteiger partial charge in [-0.05, 0) is 77.3 Å². The van der Waals surface area contributed by atoms with Crippen molar-refractivity contribution in [3.8, 4) is 5.75 Å². The Balaban J connectivity index is 1.64. The molecular formula is C30H33NO3. The summed E-state index contributed by atoms with van der Waals surface area (Å²) in [4.78, 5) is 13.7. The lowest BCUT2D eigenvalue weighted by Crippen LogP contribution is -2.35. The van der Waals surface area contributed by atoms with Crippen LogP contribution >= 0.6 is 0 Å². The van der Waals surface area contributed by atoms with E-state index in [9.17, 15) is 15.0 Å². The molecule has 3 aromatic rings. The highest BCUT2D eigenvalue weighted by Gasteiger charge is 2.29. The maximum atomic E-state index is 11.2. The molecule has 0 aliphatic carbocycles. The molecule has 1 aliphatic rings. The quantitative estimate of drug-likeness (QED) is 0.415. The average Bonchev–Trinajstić information content (AvgIpc) is 2.80. The molecule has 4 nitrogen and oxygen atoms in total. The number of aromatic hydroxyl groups is 1. The smallest absolute Gasteiger partial charge is 0.331 e. The number of hydrogen-bond acceptors (Lipinski definition) is 3. The Hall–Kier alpha value is -3.37. The molecule has 4 heteroatoms. The third-order valence-corrected chi connectivity index (χ3v) is 6.48. The van der Waals surface area contributed by atoms with Crippen LogP contribution in [0.1, 0.15) is 60.2 Å². The van der Waals surface area contributed by atoms with Crippen molar-refractivity contribution in [3.05, 3.63) is 106 Å². The third-order valence-electron chi connectivity index (χ3n) is 6.48. The first-order chi connectivity index (χ1) is 16.3. The largest absolute Gasteiger partial charge is 0.508 e. The van der Waals surface area contributed by atoms with Gasteiger partial charge in [0.05, 0.1) is 6.04 Å². The van der Waals surface area contributed by atoms with Crippen LogP contribution in [0.2, 0.25) is 0 Å². The summed E-state index contributed by atoms with van der Waals surface area (Å²) >= 11 is 0. The van der Waals surface area contributed by atoms with Crippen LogP contribution in [0, 0.1) is 5.92 Å². The van der Waals surface area contributed by atoms with E-state index in [2.05, 4.69) is 55.1 Å². The van der Waals surface area contributed by atoms with Crippen molar-refractivity contribution in [1.29, 1.82) is 0 Å². The minimum atomic E-state index is -0.907. The van der Waals surface area contributed by atoms with Crippen molar-refractivity contribution in [2.45, 2.75) is 46.2 Å². The number of carboxylic acid groups (broad SMARTS) is 1. The van der Waals surface area contributed by atoms with Crippen LogP contribution in [0.5, 0.6) is 5.75 Å². The van der Waals surface area contributed by atoms with E-state index in [0.29, 0.717) is 17.2 Å². The fourth-order valence-electron chi connectivity index (χ4n) is 4.80. The fourth-order valence-corrected chi connectivity index (χ4v) is 4.80. The van der Waals surface area contributed by atoms with Crippen molar-refractivity contribution in [1.82, 2.24) is 4.90 Å². The summed E-state index contributed by atoms with van der Waals surface area (Å²) in [7, 11) is 0. The summed E-state index contributed by atoms with van der Waals surface area (Å²) < 4.78 is 0. The van der Waals surface area contributed by atoms with E-state index in [1.807, 2.05) is 24.3 Å². The number of carbonyl (C=O) groups is 1. The van der Waals surface area contributed by atoms with Gasteiger partial charge in [-0.25, -0.2) is 4.79 Å². The molecule has 0 amide bonds. The second-order valence-electron chi connectivity index (χ2n) is 9.72. The molecule has 0 aromatic heterocycles. The number of benzene rings is 3. The van der Waals surface area contributed by atoms with E-state index in [1.165, 1.54) is 22.3 Å². The van der Waals surface area contributed by atoms with Gasteiger partial charge in [-0.2, -0.15) is 0 Å². The molecule has 3 aromatic carbocycles. The van der Waals surface area contributed by atoms with Crippen LogP contribution in [0.3, 0.4) is 0 Å². The lowest BCUT2D eigenvalue weighted by molar-refractivity contribution is -0.132. The van der Waals surface area contributed by atoms with Crippen molar-refractivity contribution < 1.29 is 15.0 Å². The second kappa shape index (κ2) is 10.3. The Bertz CT molecular complexity index is 1180. The predicted octanol–water partition coefficient (Wildman–Crippen LogP) is 6.23. The minimum absolute atomic E-state index is 0.0679. The molecule has 1 aliphatic heterocycles. The highest BCUT2D eigenvalue weighted by molar-refractivity contribution is 5.91. The molecule has 1 unspecified atom stereocenters. The lowest BCUT2D eigenvalue weighted by Gasteiger charge is -2.38. The molecule has 2 N–H and O–H groups in total. The van der Waals surface area contributed by atoms with Gasteiger partial charge in [0.1, 0.15) is 5.75 Å². The number of phenolic OH excluding ortho intramolecular Hbond substituents is 1. The number of phenols is 1. The molecule has 0 saturated heterocycles. The number of aliphatic carboxylic acids is 1. The maximum Gasteiger partial charge on any atom is 0.331 e. The first kappa shape index (κ1) is 23.8. The predicted molar refractivity (Wildman–Crippen MR) is 137 cm³/mol. The van der Waals surface area contributed by atoms with E-state index < -0.39 is 5.97 Å². The van der Waals surface area contributed by atoms with Crippen molar-refractivity contribution >= 4 is 12.0 Å². The molecule has 1 atom stereocenters. The molecule has 176 valence electrons. The lowest BCUT2D eigenvalue weighted by atomic mass is 9.87. The Labute approximate surface area is 202 Å². The van der Waals surface area contributed by atoms with Gasteiger partial charge in [-0.15, -0.1) is 0 Å². The van der Waals surface area contributed by atoms with E-state index in [1.54, 1.807) is 19.1 Å². The summed E-state index contributed by atoms with van der Waals surface area (Å²) in [6.45, 7) is 7.83. The normalized spacial score (nSPS) is 16.5. The number of hydrogen-bond donors (Lipinski definition) is 2. The molecule has 34 heavy (non-hydrogen) atoms. The Kier molecular flexibility index (Phi) is 7.18. The zero-order chi connectivity index (χ0) is 24.2. The van der Waals surface area contributed by atoms with Gasteiger partial charge in [0.2, 0.25) is 0 Å². The minimum Gasteiger partial charge on any atom is -0.508 e. The van der Waals surface area contributed by atoms with Crippen LogP contribution < -0.4 is 0 Å². The first-order valence-corrected chi connectivity index (χ1v) is 12.0. The first-order valence-electron chi connectivity index (χ1n) is 12.0. The summed E-state index contributed by atoms with van der Waals surface area (Å²) in [6, 6.07) is 22.9. The van der Waals surface area contributed by atoms with E-state index in [0.717, 1.165) is 37.1 Å². The highest BCUT2D eigenvalue weighted by atomic mass is 16.4. The molecule has 0 fully saturated rings. The van der Waals surface area contributed by atoms with Gasteiger partial charge < -0.3 is 10.2 Å². The number of fused-ring (bicyclic) bond motifs is 1. The van der Waals surface area contributed by atoms with Gasteiger partial charge in [0.25, 0.3) is 0 Å².